The zero-order chi connectivity index (χ0) is 27.9. The summed E-state index contributed by atoms with van der Waals surface area (Å²) in [6.45, 7) is 2.87. The van der Waals surface area contributed by atoms with Crippen LogP contribution < -0.4 is 20.7 Å². The standard InChI is InChI=1S/C30H36N6O4/c1-20-12-13-23-17-26(20)40-15-14-36-19-24(34-35-36)18-31-29(38)25(16-21-8-4-2-5-9-21)32-30(39)27(33-28(23)37)22-10-6-3-7-11-22/h2,4-5,8-9,12-13,17,19,22,25,27H,3,6-7,10-11,14-16,18H2,1H3,(H,31,38)(H,32,39)(H,33,37)/t25-,27+/m1/s1. The van der Waals surface area contributed by atoms with E-state index in [9.17, 15) is 14.4 Å². The van der Waals surface area contributed by atoms with Crippen LogP contribution >= 0.6 is 0 Å². The summed E-state index contributed by atoms with van der Waals surface area (Å²) in [4.78, 5) is 40.7. The van der Waals surface area contributed by atoms with Gasteiger partial charge in [0.25, 0.3) is 5.91 Å². The monoisotopic (exact) mass is 544 g/mol. The van der Waals surface area contributed by atoms with Gasteiger partial charge >= 0.3 is 0 Å². The molecule has 2 aromatic carbocycles. The molecule has 1 aliphatic heterocycles. The van der Waals surface area contributed by atoms with Gasteiger partial charge < -0.3 is 20.7 Å². The molecule has 1 fully saturated rings. The van der Waals surface area contributed by atoms with Crippen molar-refractivity contribution in [2.24, 2.45) is 5.92 Å². The molecule has 2 heterocycles. The van der Waals surface area contributed by atoms with E-state index < -0.39 is 12.1 Å². The van der Waals surface area contributed by atoms with Gasteiger partial charge in [-0.25, -0.2) is 4.68 Å². The Kier molecular flexibility index (Phi) is 8.73. The Morgan fingerprint density at radius 2 is 1.77 bits per heavy atom. The Morgan fingerprint density at radius 1 is 0.975 bits per heavy atom. The molecule has 3 aromatic rings. The molecular weight excluding hydrogens is 508 g/mol. The van der Waals surface area contributed by atoms with Gasteiger partial charge in [-0.1, -0.05) is 60.9 Å². The summed E-state index contributed by atoms with van der Waals surface area (Å²) < 4.78 is 7.62. The van der Waals surface area contributed by atoms with Crippen LogP contribution in [0.15, 0.2) is 54.7 Å². The maximum atomic E-state index is 13.8. The van der Waals surface area contributed by atoms with Crippen molar-refractivity contribution in [1.82, 2.24) is 30.9 Å². The van der Waals surface area contributed by atoms with Gasteiger partial charge in [0.05, 0.1) is 19.3 Å². The number of fused-ring (bicyclic) bond motifs is 4. The number of rotatable bonds is 3. The average Bonchev–Trinajstić information content (AvgIpc) is 3.43. The number of aryl methyl sites for hydroxylation is 1. The van der Waals surface area contributed by atoms with Gasteiger partial charge in [-0.2, -0.15) is 0 Å². The molecular formula is C30H36N6O4. The number of carbonyl (C=O) groups excluding carboxylic acids is 3. The highest BCUT2D eigenvalue weighted by Gasteiger charge is 2.34. The summed E-state index contributed by atoms with van der Waals surface area (Å²) in [5.74, 6) is -0.440. The van der Waals surface area contributed by atoms with Gasteiger partial charge in [0, 0.05) is 12.0 Å². The third kappa shape index (κ3) is 6.86. The first-order chi connectivity index (χ1) is 19.5. The largest absolute Gasteiger partial charge is 0.491 e. The van der Waals surface area contributed by atoms with E-state index in [0.717, 1.165) is 43.2 Å². The van der Waals surface area contributed by atoms with E-state index in [0.29, 0.717) is 36.6 Å². The van der Waals surface area contributed by atoms with E-state index in [2.05, 4.69) is 26.3 Å². The van der Waals surface area contributed by atoms with Crippen LogP contribution in [0.1, 0.15) is 59.3 Å². The minimum atomic E-state index is -0.828. The van der Waals surface area contributed by atoms with Gasteiger partial charge in [-0.3, -0.25) is 14.4 Å². The van der Waals surface area contributed by atoms with E-state index in [1.54, 1.807) is 23.0 Å². The highest BCUT2D eigenvalue weighted by Crippen LogP contribution is 2.27. The van der Waals surface area contributed by atoms with Gasteiger partial charge in [-0.15, -0.1) is 5.10 Å². The van der Waals surface area contributed by atoms with Crippen LogP contribution in [0.4, 0.5) is 0 Å². The van der Waals surface area contributed by atoms with E-state index in [-0.39, 0.29) is 30.2 Å². The fourth-order valence-electron chi connectivity index (χ4n) is 5.39. The second kappa shape index (κ2) is 12.8. The Morgan fingerprint density at radius 3 is 2.58 bits per heavy atom. The fourth-order valence-corrected chi connectivity index (χ4v) is 5.39. The van der Waals surface area contributed by atoms with E-state index >= 15 is 0 Å². The lowest BCUT2D eigenvalue weighted by Gasteiger charge is -2.31. The molecule has 10 nitrogen and oxygen atoms in total. The summed E-state index contributed by atoms with van der Waals surface area (Å²) in [5, 5.41) is 17.2. The lowest BCUT2D eigenvalue weighted by molar-refractivity contribution is -0.130. The minimum absolute atomic E-state index is 0.0139. The number of nitrogens with zero attached hydrogens (tertiary/aromatic N) is 3. The van der Waals surface area contributed by atoms with E-state index in [1.807, 2.05) is 43.3 Å². The zero-order valence-corrected chi connectivity index (χ0v) is 22.8. The van der Waals surface area contributed by atoms with Gasteiger partial charge in [0.1, 0.15) is 30.1 Å². The molecule has 2 atom stereocenters. The number of ether oxygens (including phenoxy) is 1. The average molecular weight is 545 g/mol. The molecule has 1 aromatic heterocycles. The van der Waals surface area contributed by atoms with Crippen molar-refractivity contribution >= 4 is 17.7 Å². The van der Waals surface area contributed by atoms with E-state index in [1.165, 1.54) is 0 Å². The first-order valence-electron chi connectivity index (χ1n) is 14.0. The van der Waals surface area contributed by atoms with Gasteiger partial charge in [-0.05, 0) is 48.9 Å². The van der Waals surface area contributed by atoms with Crippen molar-refractivity contribution in [1.29, 1.82) is 0 Å². The molecule has 3 amide bonds. The van der Waals surface area contributed by atoms with Crippen molar-refractivity contribution in [2.75, 3.05) is 6.61 Å². The third-order valence-corrected chi connectivity index (χ3v) is 7.66. The lowest BCUT2D eigenvalue weighted by atomic mass is 9.83. The van der Waals surface area contributed by atoms with Crippen LogP contribution in [-0.2, 0) is 29.1 Å². The first kappa shape index (κ1) is 27.4. The molecule has 10 heteroatoms. The predicted octanol–water partition coefficient (Wildman–Crippen LogP) is 2.70. The topological polar surface area (TPSA) is 127 Å². The Hall–Kier alpha value is -4.21. The molecule has 0 saturated heterocycles. The molecule has 2 aliphatic rings. The molecule has 5 rings (SSSR count). The van der Waals surface area contributed by atoms with Crippen LogP contribution in [0.5, 0.6) is 5.75 Å². The highest BCUT2D eigenvalue weighted by molar-refractivity contribution is 5.99. The summed E-state index contributed by atoms with van der Waals surface area (Å²) in [6, 6.07) is 13.3. The smallest absolute Gasteiger partial charge is 0.252 e. The summed E-state index contributed by atoms with van der Waals surface area (Å²) in [6.07, 6.45) is 6.87. The first-order valence-corrected chi connectivity index (χ1v) is 14.0. The molecule has 0 spiro atoms. The summed E-state index contributed by atoms with van der Waals surface area (Å²) in [7, 11) is 0. The normalized spacial score (nSPS) is 21.3. The van der Waals surface area contributed by atoms with Crippen molar-refractivity contribution in [2.45, 2.75) is 70.6 Å². The second-order valence-electron chi connectivity index (χ2n) is 10.6. The molecule has 0 radical (unpaired) electrons. The van der Waals surface area contributed by atoms with E-state index in [4.69, 9.17) is 4.74 Å². The van der Waals surface area contributed by atoms with Crippen molar-refractivity contribution in [3.8, 4) is 5.75 Å². The van der Waals surface area contributed by atoms with Crippen LogP contribution in [0.2, 0.25) is 0 Å². The number of amides is 3. The molecule has 3 N–H and O–H groups in total. The number of nitrogens with one attached hydrogen (secondary N) is 3. The molecule has 1 aliphatic carbocycles. The zero-order valence-electron chi connectivity index (χ0n) is 22.8. The third-order valence-electron chi connectivity index (χ3n) is 7.66. The minimum Gasteiger partial charge on any atom is -0.491 e. The van der Waals surface area contributed by atoms with Crippen LogP contribution in [0.25, 0.3) is 0 Å². The van der Waals surface area contributed by atoms with Crippen molar-refractivity contribution < 1.29 is 19.1 Å². The summed E-state index contributed by atoms with van der Waals surface area (Å²) in [5.41, 5.74) is 2.83. The van der Waals surface area contributed by atoms with Crippen LogP contribution in [-0.4, -0.2) is 51.4 Å². The molecule has 40 heavy (non-hydrogen) atoms. The molecule has 0 unspecified atom stereocenters. The highest BCUT2D eigenvalue weighted by atomic mass is 16.5. The Bertz CT molecular complexity index is 1330. The quantitative estimate of drug-likeness (QED) is 0.465. The summed E-state index contributed by atoms with van der Waals surface area (Å²) >= 11 is 0. The molecule has 210 valence electrons. The molecule has 4 bridgehead atoms. The van der Waals surface area contributed by atoms with Crippen LogP contribution in [0, 0.1) is 12.8 Å². The maximum Gasteiger partial charge on any atom is 0.252 e. The fraction of sp³-hybridized carbons (Fsp3) is 0.433. The number of aromatic nitrogens is 3. The van der Waals surface area contributed by atoms with Gasteiger partial charge in [0.15, 0.2) is 0 Å². The number of carbonyl (C=O) groups is 3. The Balaban J connectivity index is 1.46. The predicted molar refractivity (Wildman–Crippen MR) is 148 cm³/mol. The number of benzene rings is 2. The van der Waals surface area contributed by atoms with Gasteiger partial charge in [0.2, 0.25) is 11.8 Å². The maximum absolute atomic E-state index is 13.8. The number of hydrogen-bond donors (Lipinski definition) is 3. The second-order valence-corrected chi connectivity index (χ2v) is 10.6. The lowest BCUT2D eigenvalue weighted by Crippen LogP contribution is -2.56. The number of hydrogen-bond acceptors (Lipinski definition) is 6. The Labute approximate surface area is 233 Å². The molecule has 1 saturated carbocycles. The SMILES string of the molecule is Cc1ccc2cc1OCCn1cc(nn1)CNC(=O)[C@@H](Cc1ccccc1)NC(=O)[C@H](C1CCCCC1)NC2=O. The van der Waals surface area contributed by atoms with Crippen LogP contribution in [0.3, 0.4) is 0 Å². The van der Waals surface area contributed by atoms with Crippen molar-refractivity contribution in [3.63, 3.8) is 0 Å². The van der Waals surface area contributed by atoms with Crippen molar-refractivity contribution in [3.05, 3.63) is 77.1 Å².